The number of rotatable bonds is 4. The monoisotopic (exact) mass is 339 g/mol. The Balaban J connectivity index is 2.22. The van der Waals surface area contributed by atoms with Crippen molar-refractivity contribution in [2.45, 2.75) is 31.8 Å². The molecule has 5 heteroatoms. The largest absolute Gasteiger partial charge is 0.369 e. The topological polar surface area (TPSA) is 72.3 Å². The number of likely N-dealkylation sites (tertiary alicyclic amines) is 1. The molecular formula is C15H22BrN3O. The van der Waals surface area contributed by atoms with Crippen LogP contribution in [0.4, 0.5) is 0 Å². The van der Waals surface area contributed by atoms with Crippen molar-refractivity contribution in [3.63, 3.8) is 0 Å². The Morgan fingerprint density at radius 1 is 1.50 bits per heavy atom. The highest BCUT2D eigenvalue weighted by atomic mass is 79.9. The number of carbonyl (C=O) groups is 1. The number of primary amides is 1. The Bertz CT molecular complexity index is 478. The second-order valence-electron chi connectivity index (χ2n) is 5.60. The maximum atomic E-state index is 11.4. The summed E-state index contributed by atoms with van der Waals surface area (Å²) in [6.07, 6.45) is 1.88. The molecular weight excluding hydrogens is 318 g/mol. The maximum absolute atomic E-state index is 11.4. The number of hydrogen-bond acceptors (Lipinski definition) is 3. The van der Waals surface area contributed by atoms with Gasteiger partial charge in [-0.25, -0.2) is 0 Å². The fourth-order valence-corrected chi connectivity index (χ4v) is 3.45. The summed E-state index contributed by atoms with van der Waals surface area (Å²) >= 11 is 3.51. The van der Waals surface area contributed by atoms with E-state index in [2.05, 4.69) is 33.0 Å². The van der Waals surface area contributed by atoms with Gasteiger partial charge in [0, 0.05) is 23.1 Å². The van der Waals surface area contributed by atoms with Crippen LogP contribution < -0.4 is 11.5 Å². The van der Waals surface area contributed by atoms with Crippen molar-refractivity contribution in [1.82, 2.24) is 4.90 Å². The molecule has 1 saturated heterocycles. The van der Waals surface area contributed by atoms with E-state index in [4.69, 9.17) is 11.5 Å². The summed E-state index contributed by atoms with van der Waals surface area (Å²) in [4.78, 5) is 13.7. The average Bonchev–Trinajstić information content (AvgIpc) is 2.39. The lowest BCUT2D eigenvalue weighted by Gasteiger charge is -2.39. The van der Waals surface area contributed by atoms with Gasteiger partial charge in [-0.3, -0.25) is 9.69 Å². The molecule has 1 aliphatic heterocycles. The number of carbonyl (C=O) groups excluding carboxylic acids is 1. The highest BCUT2D eigenvalue weighted by Gasteiger charge is 2.31. The minimum Gasteiger partial charge on any atom is -0.369 e. The first kappa shape index (κ1) is 15.5. The molecule has 1 heterocycles. The summed E-state index contributed by atoms with van der Waals surface area (Å²) in [6.45, 7) is 3.68. The number of nitrogens with zero attached hydrogens (tertiary/aromatic N) is 1. The van der Waals surface area contributed by atoms with Crippen molar-refractivity contribution in [3.05, 3.63) is 34.3 Å². The molecule has 2 rings (SSSR count). The molecule has 1 amide bonds. The van der Waals surface area contributed by atoms with E-state index >= 15 is 0 Å². The van der Waals surface area contributed by atoms with Crippen molar-refractivity contribution in [2.75, 3.05) is 13.1 Å². The second-order valence-corrected chi connectivity index (χ2v) is 6.51. The lowest BCUT2D eigenvalue weighted by molar-refractivity contribution is -0.123. The molecule has 0 saturated carbocycles. The van der Waals surface area contributed by atoms with E-state index < -0.39 is 0 Å². The van der Waals surface area contributed by atoms with E-state index in [-0.39, 0.29) is 23.9 Å². The van der Waals surface area contributed by atoms with Gasteiger partial charge < -0.3 is 11.5 Å². The molecule has 20 heavy (non-hydrogen) atoms. The van der Waals surface area contributed by atoms with Gasteiger partial charge in [0.05, 0.1) is 5.92 Å². The molecule has 0 aliphatic carbocycles. The normalized spacial score (nSPS) is 23.2. The number of halogens is 1. The minimum atomic E-state index is -0.202. The fraction of sp³-hybridized carbons (Fsp3) is 0.533. The fourth-order valence-electron chi connectivity index (χ4n) is 3.03. The number of nitrogens with two attached hydrogens (primary N) is 2. The molecule has 4 nitrogen and oxygen atoms in total. The Morgan fingerprint density at radius 2 is 2.25 bits per heavy atom. The Morgan fingerprint density at radius 3 is 2.85 bits per heavy atom. The van der Waals surface area contributed by atoms with Crippen molar-refractivity contribution < 1.29 is 4.79 Å². The van der Waals surface area contributed by atoms with Crippen LogP contribution in [0.25, 0.3) is 0 Å². The predicted octanol–water partition coefficient (Wildman–Crippen LogP) is 2.03. The van der Waals surface area contributed by atoms with Crippen LogP contribution in [0.15, 0.2) is 28.7 Å². The van der Waals surface area contributed by atoms with Crippen molar-refractivity contribution in [1.29, 1.82) is 0 Å². The van der Waals surface area contributed by atoms with Gasteiger partial charge in [-0.1, -0.05) is 28.1 Å². The smallest absolute Gasteiger partial charge is 0.221 e. The predicted molar refractivity (Wildman–Crippen MR) is 84.0 cm³/mol. The SMILES string of the molecule is CC(N)C(c1cccc(Br)c1)N1CCCC(C(N)=O)C1. The summed E-state index contributed by atoms with van der Waals surface area (Å²) in [5, 5.41) is 0. The van der Waals surface area contributed by atoms with E-state index in [1.807, 2.05) is 19.1 Å². The van der Waals surface area contributed by atoms with Gasteiger partial charge in [0.25, 0.3) is 0 Å². The molecule has 1 aromatic carbocycles. The molecule has 3 unspecified atom stereocenters. The van der Waals surface area contributed by atoms with Gasteiger partial charge in [0.1, 0.15) is 0 Å². The molecule has 1 fully saturated rings. The lowest BCUT2D eigenvalue weighted by atomic mass is 9.92. The zero-order chi connectivity index (χ0) is 14.7. The maximum Gasteiger partial charge on any atom is 0.221 e. The molecule has 0 radical (unpaired) electrons. The summed E-state index contributed by atoms with van der Waals surface area (Å²) in [6, 6.07) is 8.33. The van der Waals surface area contributed by atoms with Gasteiger partial charge in [-0.05, 0) is 44.0 Å². The van der Waals surface area contributed by atoms with Crippen LogP contribution in [-0.2, 0) is 4.79 Å². The summed E-state index contributed by atoms with van der Waals surface area (Å²) in [5.74, 6) is -0.260. The third-order valence-corrected chi connectivity index (χ3v) is 4.43. The molecule has 4 N–H and O–H groups in total. The van der Waals surface area contributed by atoms with E-state index in [1.165, 1.54) is 5.56 Å². The van der Waals surface area contributed by atoms with Crippen molar-refractivity contribution >= 4 is 21.8 Å². The number of benzene rings is 1. The Kier molecular flexibility index (Phi) is 5.18. The van der Waals surface area contributed by atoms with Crippen LogP contribution in [-0.4, -0.2) is 29.9 Å². The highest BCUT2D eigenvalue weighted by Crippen LogP contribution is 2.30. The first-order valence-electron chi connectivity index (χ1n) is 7.03. The third-order valence-electron chi connectivity index (χ3n) is 3.94. The van der Waals surface area contributed by atoms with E-state index in [0.717, 1.165) is 23.9 Å². The van der Waals surface area contributed by atoms with Crippen LogP contribution in [0.3, 0.4) is 0 Å². The Labute approximate surface area is 128 Å². The van der Waals surface area contributed by atoms with Crippen LogP contribution in [0.5, 0.6) is 0 Å². The summed E-state index contributed by atoms with van der Waals surface area (Å²) < 4.78 is 1.05. The molecule has 0 bridgehead atoms. The minimum absolute atomic E-state index is 0.00377. The highest BCUT2D eigenvalue weighted by molar-refractivity contribution is 9.10. The average molecular weight is 340 g/mol. The molecule has 3 atom stereocenters. The van der Waals surface area contributed by atoms with E-state index in [9.17, 15) is 4.79 Å². The quantitative estimate of drug-likeness (QED) is 0.881. The number of amides is 1. The van der Waals surface area contributed by atoms with Gasteiger partial charge in [-0.15, -0.1) is 0 Å². The molecule has 110 valence electrons. The zero-order valence-electron chi connectivity index (χ0n) is 11.8. The van der Waals surface area contributed by atoms with Crippen molar-refractivity contribution in [2.24, 2.45) is 17.4 Å². The van der Waals surface area contributed by atoms with Crippen LogP contribution in [0.1, 0.15) is 31.4 Å². The lowest BCUT2D eigenvalue weighted by Crippen LogP contribution is -2.47. The second kappa shape index (κ2) is 6.70. The summed E-state index contributed by atoms with van der Waals surface area (Å²) in [5.41, 5.74) is 12.8. The number of piperidine rings is 1. The van der Waals surface area contributed by atoms with Gasteiger partial charge in [0.2, 0.25) is 5.91 Å². The van der Waals surface area contributed by atoms with E-state index in [0.29, 0.717) is 6.54 Å². The standard InChI is InChI=1S/C15H22BrN3O/c1-10(17)14(11-4-2-6-13(16)8-11)19-7-3-5-12(9-19)15(18)20/h2,4,6,8,10,12,14H,3,5,7,9,17H2,1H3,(H2,18,20). The van der Waals surface area contributed by atoms with Crippen LogP contribution in [0, 0.1) is 5.92 Å². The van der Waals surface area contributed by atoms with Gasteiger partial charge in [-0.2, -0.15) is 0 Å². The molecule has 1 aliphatic rings. The first-order valence-corrected chi connectivity index (χ1v) is 7.82. The third kappa shape index (κ3) is 3.59. The molecule has 0 aromatic heterocycles. The van der Waals surface area contributed by atoms with Crippen LogP contribution in [0.2, 0.25) is 0 Å². The van der Waals surface area contributed by atoms with Gasteiger partial charge in [0.15, 0.2) is 0 Å². The molecule has 1 aromatic rings. The van der Waals surface area contributed by atoms with Crippen LogP contribution >= 0.6 is 15.9 Å². The van der Waals surface area contributed by atoms with Gasteiger partial charge >= 0.3 is 0 Å². The van der Waals surface area contributed by atoms with E-state index in [1.54, 1.807) is 0 Å². The van der Waals surface area contributed by atoms with Crippen molar-refractivity contribution in [3.8, 4) is 0 Å². The first-order chi connectivity index (χ1) is 9.49. The zero-order valence-corrected chi connectivity index (χ0v) is 13.3. The number of hydrogen-bond donors (Lipinski definition) is 2. The summed E-state index contributed by atoms with van der Waals surface area (Å²) in [7, 11) is 0. The Hall–Kier alpha value is -0.910. The molecule has 0 spiro atoms.